The summed E-state index contributed by atoms with van der Waals surface area (Å²) in [6.07, 6.45) is 3.30. The van der Waals surface area contributed by atoms with Crippen LogP contribution < -0.4 is 10.3 Å². The van der Waals surface area contributed by atoms with Crippen molar-refractivity contribution in [1.82, 2.24) is 14.8 Å². The van der Waals surface area contributed by atoms with Gasteiger partial charge in [0.1, 0.15) is 0 Å². The maximum absolute atomic E-state index is 12.5. The minimum Gasteiger partial charge on any atom is -0.294 e. The van der Waals surface area contributed by atoms with Gasteiger partial charge >= 0.3 is 0 Å². The van der Waals surface area contributed by atoms with Gasteiger partial charge in [-0.3, -0.25) is 14.6 Å². The normalized spacial score (nSPS) is 11.5. The third kappa shape index (κ3) is 3.85. The van der Waals surface area contributed by atoms with Crippen molar-refractivity contribution < 1.29 is 8.42 Å². The molecule has 0 atom stereocenters. The van der Waals surface area contributed by atoms with Gasteiger partial charge in [-0.05, 0) is 43.2 Å². The number of benzene rings is 1. The lowest BCUT2D eigenvalue weighted by molar-refractivity contribution is 0.601. The summed E-state index contributed by atoms with van der Waals surface area (Å²) in [5, 5.41) is 2.87. The highest BCUT2D eigenvalue weighted by atomic mass is 32.2. The highest BCUT2D eigenvalue weighted by Gasteiger charge is 2.14. The number of hydrogen-bond acceptors (Lipinski definition) is 4. The number of aromatic nitrogens is 3. The number of H-pyrrole nitrogens is 1. The quantitative estimate of drug-likeness (QED) is 0.695. The van der Waals surface area contributed by atoms with E-state index in [2.05, 4.69) is 21.7 Å². The van der Waals surface area contributed by atoms with Crippen molar-refractivity contribution in [2.75, 3.05) is 4.72 Å². The van der Waals surface area contributed by atoms with E-state index in [1.807, 2.05) is 12.1 Å². The van der Waals surface area contributed by atoms with Gasteiger partial charge < -0.3 is 0 Å². The number of sulfonamides is 1. The maximum atomic E-state index is 12.5. The highest BCUT2D eigenvalue weighted by Crippen LogP contribution is 2.17. The summed E-state index contributed by atoms with van der Waals surface area (Å²) in [5.41, 5.74) is 1.91. The molecule has 0 aliphatic heterocycles. The molecule has 2 aromatic heterocycles. The predicted octanol–water partition coefficient (Wildman–Crippen LogP) is 2.62. The van der Waals surface area contributed by atoms with Gasteiger partial charge in [0.25, 0.3) is 15.6 Å². The molecule has 0 amide bonds. The molecule has 0 fully saturated rings. The predicted molar refractivity (Wildman–Crippen MR) is 100 cm³/mol. The lowest BCUT2D eigenvalue weighted by Crippen LogP contribution is -2.16. The molecule has 0 bridgehead atoms. The SMILES string of the molecule is CCCc1ccc(S(=O)(=O)Nc2ccc(-n3[nH]c(C)cc3=O)nc2)cc1. The summed E-state index contributed by atoms with van der Waals surface area (Å²) in [6, 6.07) is 11.4. The minimum absolute atomic E-state index is 0.192. The summed E-state index contributed by atoms with van der Waals surface area (Å²) in [4.78, 5) is 16.1. The zero-order chi connectivity index (χ0) is 18.7. The van der Waals surface area contributed by atoms with Crippen molar-refractivity contribution in [3.63, 3.8) is 0 Å². The number of pyridine rings is 1. The fraction of sp³-hybridized carbons (Fsp3) is 0.222. The van der Waals surface area contributed by atoms with E-state index in [0.29, 0.717) is 17.2 Å². The first kappa shape index (κ1) is 17.9. The Kier molecular flexibility index (Phi) is 4.94. The van der Waals surface area contributed by atoms with Crippen LogP contribution in [0.1, 0.15) is 24.6 Å². The van der Waals surface area contributed by atoms with Crippen molar-refractivity contribution >= 4 is 15.7 Å². The Morgan fingerprint density at radius 1 is 1.15 bits per heavy atom. The average molecular weight is 372 g/mol. The second-order valence-electron chi connectivity index (χ2n) is 6.02. The van der Waals surface area contributed by atoms with Crippen LogP contribution in [0.15, 0.2) is 58.4 Å². The largest absolute Gasteiger partial charge is 0.294 e. The van der Waals surface area contributed by atoms with Gasteiger partial charge in [-0.2, -0.15) is 0 Å². The maximum Gasteiger partial charge on any atom is 0.272 e. The number of nitrogens with one attached hydrogen (secondary N) is 2. The smallest absolute Gasteiger partial charge is 0.272 e. The second kappa shape index (κ2) is 7.17. The van der Waals surface area contributed by atoms with Crippen LogP contribution in [0.3, 0.4) is 0 Å². The average Bonchev–Trinajstić information content (AvgIpc) is 2.94. The zero-order valence-electron chi connectivity index (χ0n) is 14.6. The molecule has 0 spiro atoms. The zero-order valence-corrected chi connectivity index (χ0v) is 15.4. The van der Waals surface area contributed by atoms with Crippen LogP contribution in [0.25, 0.3) is 5.82 Å². The molecular weight excluding hydrogens is 352 g/mol. The Morgan fingerprint density at radius 2 is 1.88 bits per heavy atom. The van der Waals surface area contributed by atoms with Gasteiger partial charge in [0.15, 0.2) is 5.82 Å². The molecule has 2 N–H and O–H groups in total. The van der Waals surface area contributed by atoms with E-state index in [1.54, 1.807) is 31.2 Å². The molecule has 3 aromatic rings. The van der Waals surface area contributed by atoms with Crippen LogP contribution in [0, 0.1) is 6.92 Å². The first-order valence-corrected chi connectivity index (χ1v) is 9.74. The van der Waals surface area contributed by atoms with Gasteiger partial charge in [0, 0.05) is 11.8 Å². The summed E-state index contributed by atoms with van der Waals surface area (Å²) >= 11 is 0. The molecule has 3 rings (SSSR count). The monoisotopic (exact) mass is 372 g/mol. The van der Waals surface area contributed by atoms with Crippen molar-refractivity contribution in [2.45, 2.75) is 31.6 Å². The lowest BCUT2D eigenvalue weighted by atomic mass is 10.1. The standard InChI is InChI=1S/C18H20N4O3S/c1-3-4-14-5-8-16(9-6-14)26(24,25)21-15-7-10-17(19-12-15)22-18(23)11-13(2)20-22/h5-12,20-21H,3-4H2,1-2H3. The fourth-order valence-electron chi connectivity index (χ4n) is 2.60. The topological polar surface area (TPSA) is 96.9 Å². The van der Waals surface area contributed by atoms with E-state index in [-0.39, 0.29) is 10.5 Å². The van der Waals surface area contributed by atoms with Crippen molar-refractivity contribution in [2.24, 2.45) is 0 Å². The van der Waals surface area contributed by atoms with Crippen molar-refractivity contribution in [3.05, 3.63) is 70.3 Å². The number of nitrogens with zero attached hydrogens (tertiary/aromatic N) is 2. The van der Waals surface area contributed by atoms with Gasteiger partial charge in [0.2, 0.25) is 0 Å². The second-order valence-corrected chi connectivity index (χ2v) is 7.70. The Balaban J connectivity index is 1.79. The summed E-state index contributed by atoms with van der Waals surface area (Å²) in [5.74, 6) is 0.384. The van der Waals surface area contributed by atoms with Crippen LogP contribution in [-0.4, -0.2) is 23.2 Å². The molecule has 0 radical (unpaired) electrons. The highest BCUT2D eigenvalue weighted by molar-refractivity contribution is 7.92. The third-order valence-corrected chi connectivity index (χ3v) is 5.25. The Hall–Kier alpha value is -2.87. The van der Waals surface area contributed by atoms with E-state index in [4.69, 9.17) is 0 Å². The Morgan fingerprint density at radius 3 is 2.42 bits per heavy atom. The summed E-state index contributed by atoms with van der Waals surface area (Å²) in [6.45, 7) is 3.84. The number of aromatic amines is 1. The molecule has 1 aromatic carbocycles. The van der Waals surface area contributed by atoms with Crippen LogP contribution in [0.4, 0.5) is 5.69 Å². The van der Waals surface area contributed by atoms with Crippen LogP contribution in [-0.2, 0) is 16.4 Å². The molecule has 136 valence electrons. The molecule has 0 aliphatic carbocycles. The fourth-order valence-corrected chi connectivity index (χ4v) is 3.64. The van der Waals surface area contributed by atoms with Crippen molar-refractivity contribution in [1.29, 1.82) is 0 Å². The molecule has 26 heavy (non-hydrogen) atoms. The number of hydrogen-bond donors (Lipinski definition) is 2. The van der Waals surface area contributed by atoms with E-state index in [9.17, 15) is 13.2 Å². The van der Waals surface area contributed by atoms with Gasteiger partial charge in [-0.15, -0.1) is 0 Å². The van der Waals surface area contributed by atoms with Gasteiger partial charge in [0.05, 0.1) is 16.8 Å². The van der Waals surface area contributed by atoms with E-state index in [1.165, 1.54) is 16.9 Å². The third-order valence-electron chi connectivity index (χ3n) is 3.85. The molecule has 8 heteroatoms. The van der Waals surface area contributed by atoms with Crippen LogP contribution >= 0.6 is 0 Å². The summed E-state index contributed by atoms with van der Waals surface area (Å²) in [7, 11) is -3.69. The lowest BCUT2D eigenvalue weighted by Gasteiger charge is -2.09. The minimum atomic E-state index is -3.69. The molecule has 2 heterocycles. The van der Waals surface area contributed by atoms with E-state index < -0.39 is 10.0 Å². The van der Waals surface area contributed by atoms with Gasteiger partial charge in [-0.25, -0.2) is 18.1 Å². The number of rotatable bonds is 6. The molecule has 0 unspecified atom stereocenters. The van der Waals surface area contributed by atoms with Gasteiger partial charge in [-0.1, -0.05) is 25.5 Å². The molecule has 0 saturated carbocycles. The number of aryl methyl sites for hydroxylation is 2. The molecule has 0 saturated heterocycles. The molecular formula is C18H20N4O3S. The molecule has 7 nitrogen and oxygen atoms in total. The van der Waals surface area contributed by atoms with Crippen LogP contribution in [0.2, 0.25) is 0 Å². The molecule has 0 aliphatic rings. The van der Waals surface area contributed by atoms with E-state index >= 15 is 0 Å². The number of anilines is 1. The van der Waals surface area contributed by atoms with Crippen molar-refractivity contribution in [3.8, 4) is 5.82 Å². The first-order valence-electron chi connectivity index (χ1n) is 8.26. The first-order chi connectivity index (χ1) is 12.4. The Bertz CT molecular complexity index is 1050. The Labute approximate surface area is 151 Å². The van der Waals surface area contributed by atoms with Crippen LogP contribution in [0.5, 0.6) is 0 Å². The summed E-state index contributed by atoms with van der Waals surface area (Å²) < 4.78 is 28.8. The van der Waals surface area contributed by atoms with E-state index in [0.717, 1.165) is 18.4 Å².